The van der Waals surface area contributed by atoms with Crippen LogP contribution in [0.5, 0.6) is 0 Å². The Hall–Kier alpha value is -3.41. The summed E-state index contributed by atoms with van der Waals surface area (Å²) in [4.78, 5) is 37.8. The van der Waals surface area contributed by atoms with Crippen molar-refractivity contribution in [3.63, 3.8) is 0 Å². The Labute approximate surface area is 356 Å². The Kier molecular flexibility index (Phi) is 43.6. The molecular formula is C52H86O6. The molecule has 330 valence electrons. The van der Waals surface area contributed by atoms with Gasteiger partial charge in [0.2, 0.25) is 0 Å². The Morgan fingerprint density at radius 1 is 0.362 bits per heavy atom. The fraction of sp³-hybridized carbons (Fsp3) is 0.673. The van der Waals surface area contributed by atoms with E-state index in [1.54, 1.807) is 0 Å². The highest BCUT2D eigenvalue weighted by Gasteiger charge is 2.19. The lowest BCUT2D eigenvalue weighted by Gasteiger charge is -2.18. The van der Waals surface area contributed by atoms with Crippen molar-refractivity contribution in [2.24, 2.45) is 0 Å². The minimum Gasteiger partial charge on any atom is -0.462 e. The molecule has 1 unspecified atom stereocenters. The summed E-state index contributed by atoms with van der Waals surface area (Å²) in [6.07, 6.45) is 58.6. The van der Waals surface area contributed by atoms with Crippen LogP contribution in [0.15, 0.2) is 85.1 Å². The van der Waals surface area contributed by atoms with Crippen molar-refractivity contribution in [2.45, 2.75) is 213 Å². The number of unbranched alkanes of at least 4 members (excludes halogenated alkanes) is 16. The SMILES string of the molecule is CC/C=C\C/C=C\C/C=C\C/C=C\CCC(=O)OC(COC(=O)CCCCCCC/C=C\C/C=C\CCCCC)COC(=O)CCCCCCC/C=C\CCCCC. The molecule has 0 aliphatic heterocycles. The molecule has 1 atom stereocenters. The molecule has 0 bridgehead atoms. The molecule has 0 saturated heterocycles. The topological polar surface area (TPSA) is 78.9 Å². The van der Waals surface area contributed by atoms with Gasteiger partial charge in [-0.3, -0.25) is 14.4 Å². The first kappa shape index (κ1) is 54.6. The third-order valence-corrected chi connectivity index (χ3v) is 9.62. The summed E-state index contributed by atoms with van der Waals surface area (Å²) >= 11 is 0. The van der Waals surface area contributed by atoms with Gasteiger partial charge in [0, 0.05) is 19.3 Å². The molecule has 0 amide bonds. The molecule has 6 heteroatoms. The van der Waals surface area contributed by atoms with Crippen LogP contribution < -0.4 is 0 Å². The van der Waals surface area contributed by atoms with Crippen molar-refractivity contribution >= 4 is 17.9 Å². The number of allylic oxidation sites excluding steroid dienone is 14. The molecule has 0 radical (unpaired) electrons. The molecule has 0 fully saturated rings. The molecule has 6 nitrogen and oxygen atoms in total. The van der Waals surface area contributed by atoms with Crippen molar-refractivity contribution in [3.8, 4) is 0 Å². The number of carbonyl (C=O) groups is 3. The molecule has 0 N–H and O–H groups in total. The predicted octanol–water partition coefficient (Wildman–Crippen LogP) is 15.3. The second-order valence-electron chi connectivity index (χ2n) is 15.3. The summed E-state index contributed by atoms with van der Waals surface area (Å²) in [5.74, 6) is -1.03. The van der Waals surface area contributed by atoms with E-state index in [-0.39, 0.29) is 31.6 Å². The zero-order chi connectivity index (χ0) is 42.3. The number of ether oxygens (including phenoxy) is 3. The normalized spacial score (nSPS) is 12.8. The molecule has 0 rings (SSSR count). The van der Waals surface area contributed by atoms with E-state index >= 15 is 0 Å². The molecule has 0 aliphatic rings. The molecule has 0 spiro atoms. The van der Waals surface area contributed by atoms with Gasteiger partial charge in [-0.05, 0) is 103 Å². The fourth-order valence-electron chi connectivity index (χ4n) is 6.07. The molecule has 0 aromatic carbocycles. The van der Waals surface area contributed by atoms with Crippen molar-refractivity contribution in [1.29, 1.82) is 0 Å². The Morgan fingerprint density at radius 3 is 1.14 bits per heavy atom. The van der Waals surface area contributed by atoms with Crippen LogP contribution in [0.2, 0.25) is 0 Å². The number of hydrogen-bond donors (Lipinski definition) is 0. The zero-order valence-corrected chi connectivity index (χ0v) is 37.5. The van der Waals surface area contributed by atoms with E-state index in [9.17, 15) is 14.4 Å². The van der Waals surface area contributed by atoms with Gasteiger partial charge in [0.25, 0.3) is 0 Å². The Balaban J connectivity index is 4.52. The number of rotatable bonds is 41. The molecule has 0 saturated carbocycles. The fourth-order valence-corrected chi connectivity index (χ4v) is 6.07. The summed E-state index contributed by atoms with van der Waals surface area (Å²) < 4.78 is 16.6. The number of hydrogen-bond acceptors (Lipinski definition) is 6. The van der Waals surface area contributed by atoms with Gasteiger partial charge in [-0.2, -0.15) is 0 Å². The van der Waals surface area contributed by atoms with Crippen LogP contribution in [0.4, 0.5) is 0 Å². The lowest BCUT2D eigenvalue weighted by Crippen LogP contribution is -2.30. The van der Waals surface area contributed by atoms with Crippen LogP contribution in [0.25, 0.3) is 0 Å². The predicted molar refractivity (Wildman–Crippen MR) is 247 cm³/mol. The summed E-state index contributed by atoms with van der Waals surface area (Å²) in [6.45, 7) is 6.37. The van der Waals surface area contributed by atoms with Crippen molar-refractivity contribution in [3.05, 3.63) is 85.1 Å². The highest BCUT2D eigenvalue weighted by atomic mass is 16.6. The third kappa shape index (κ3) is 43.7. The zero-order valence-electron chi connectivity index (χ0n) is 37.5. The maximum absolute atomic E-state index is 12.7. The van der Waals surface area contributed by atoms with Crippen LogP contribution in [-0.4, -0.2) is 37.2 Å². The monoisotopic (exact) mass is 807 g/mol. The van der Waals surface area contributed by atoms with Crippen LogP contribution in [0, 0.1) is 0 Å². The van der Waals surface area contributed by atoms with Crippen LogP contribution >= 0.6 is 0 Å². The van der Waals surface area contributed by atoms with Gasteiger partial charge in [0.15, 0.2) is 6.10 Å². The lowest BCUT2D eigenvalue weighted by molar-refractivity contribution is -0.166. The Bertz CT molecular complexity index is 1160. The maximum Gasteiger partial charge on any atom is 0.306 e. The summed E-state index contributed by atoms with van der Waals surface area (Å²) in [5, 5.41) is 0. The summed E-state index contributed by atoms with van der Waals surface area (Å²) in [7, 11) is 0. The largest absolute Gasteiger partial charge is 0.462 e. The molecule has 0 aromatic rings. The van der Waals surface area contributed by atoms with Gasteiger partial charge in [0.05, 0.1) is 0 Å². The highest BCUT2D eigenvalue weighted by Crippen LogP contribution is 2.12. The highest BCUT2D eigenvalue weighted by molar-refractivity contribution is 5.71. The minimum absolute atomic E-state index is 0.115. The van der Waals surface area contributed by atoms with Gasteiger partial charge in [-0.1, -0.05) is 170 Å². The second kappa shape index (κ2) is 46.3. The van der Waals surface area contributed by atoms with Crippen molar-refractivity contribution < 1.29 is 28.6 Å². The number of esters is 3. The van der Waals surface area contributed by atoms with Gasteiger partial charge >= 0.3 is 17.9 Å². The standard InChI is InChI=1S/C52H86O6/c1-4-7-10-13-16-19-22-25-26-28-30-33-36-39-42-45-51(54)57-48-49(47-56-50(53)44-41-38-35-32-29-24-21-18-15-12-9-6-3)58-52(55)46-43-40-37-34-31-27-23-20-17-14-11-8-5-2/h8,11,16-21,25-27,31,37,40,49H,4-7,9-10,12-15,22-24,28-30,32-36,38-39,41-48H2,1-3H3/b11-8-,19-16-,20-17-,21-18-,26-25-,31-27-,40-37-. The van der Waals surface area contributed by atoms with E-state index in [1.807, 2.05) is 12.2 Å². The second-order valence-corrected chi connectivity index (χ2v) is 15.3. The molecule has 0 heterocycles. The van der Waals surface area contributed by atoms with E-state index < -0.39 is 12.1 Å². The average Bonchev–Trinajstić information content (AvgIpc) is 3.22. The van der Waals surface area contributed by atoms with E-state index in [1.165, 1.54) is 57.8 Å². The van der Waals surface area contributed by atoms with Gasteiger partial charge in [0.1, 0.15) is 13.2 Å². The van der Waals surface area contributed by atoms with E-state index in [2.05, 4.69) is 93.7 Å². The smallest absolute Gasteiger partial charge is 0.306 e. The van der Waals surface area contributed by atoms with E-state index in [0.29, 0.717) is 19.3 Å². The molecule has 0 aliphatic carbocycles. The van der Waals surface area contributed by atoms with Crippen molar-refractivity contribution in [2.75, 3.05) is 13.2 Å². The lowest BCUT2D eigenvalue weighted by atomic mass is 10.1. The molecule has 58 heavy (non-hydrogen) atoms. The van der Waals surface area contributed by atoms with Crippen LogP contribution in [0.1, 0.15) is 207 Å². The quantitative estimate of drug-likeness (QED) is 0.0265. The summed E-state index contributed by atoms with van der Waals surface area (Å²) in [6, 6.07) is 0. The van der Waals surface area contributed by atoms with Gasteiger partial charge in [-0.25, -0.2) is 0 Å². The molecule has 0 aromatic heterocycles. The first-order chi connectivity index (χ1) is 28.5. The van der Waals surface area contributed by atoms with Gasteiger partial charge in [-0.15, -0.1) is 0 Å². The van der Waals surface area contributed by atoms with Gasteiger partial charge < -0.3 is 14.2 Å². The Morgan fingerprint density at radius 2 is 0.707 bits per heavy atom. The first-order valence-electron chi connectivity index (χ1n) is 23.6. The van der Waals surface area contributed by atoms with E-state index in [4.69, 9.17) is 14.2 Å². The maximum atomic E-state index is 12.7. The van der Waals surface area contributed by atoms with Crippen molar-refractivity contribution in [1.82, 2.24) is 0 Å². The van der Waals surface area contributed by atoms with Crippen LogP contribution in [-0.2, 0) is 28.6 Å². The van der Waals surface area contributed by atoms with Crippen LogP contribution in [0.3, 0.4) is 0 Å². The number of carbonyl (C=O) groups excluding carboxylic acids is 3. The third-order valence-electron chi connectivity index (χ3n) is 9.62. The average molecular weight is 807 g/mol. The molecular weight excluding hydrogens is 721 g/mol. The minimum atomic E-state index is -0.822. The van der Waals surface area contributed by atoms with E-state index in [0.717, 1.165) is 103 Å². The first-order valence-corrected chi connectivity index (χ1v) is 23.6. The summed E-state index contributed by atoms with van der Waals surface area (Å²) in [5.41, 5.74) is 0.